The van der Waals surface area contributed by atoms with Gasteiger partial charge in [0.1, 0.15) is 0 Å². The summed E-state index contributed by atoms with van der Waals surface area (Å²) >= 11 is 0. The van der Waals surface area contributed by atoms with Crippen molar-refractivity contribution in [3.05, 3.63) is 29.3 Å². The Morgan fingerprint density at radius 1 is 1.21 bits per heavy atom. The van der Waals surface area contributed by atoms with Crippen LogP contribution in [0.5, 0.6) is 0 Å². The second-order valence-corrected chi connectivity index (χ2v) is 9.54. The third kappa shape index (κ3) is 2.34. The van der Waals surface area contributed by atoms with Crippen LogP contribution in [-0.2, 0) is 15.4 Å². The minimum atomic E-state index is -3.26. The largest absolute Gasteiger partial charge is 0.355 e. The van der Waals surface area contributed by atoms with Crippen LogP contribution in [0.15, 0.2) is 18.2 Å². The minimum absolute atomic E-state index is 0.112. The molecule has 2 fully saturated rings. The smallest absolute Gasteiger partial charge is 0.251 e. The maximum absolute atomic E-state index is 12.9. The first-order chi connectivity index (χ1) is 11.5. The second kappa shape index (κ2) is 5.48. The number of fused-ring (bicyclic) bond motifs is 2. The number of sulfonamides is 1. The van der Waals surface area contributed by atoms with Crippen LogP contribution >= 0.6 is 0 Å². The molecule has 3 aliphatic rings. The van der Waals surface area contributed by atoms with Gasteiger partial charge < -0.3 is 5.32 Å². The topological polar surface area (TPSA) is 66.5 Å². The molecule has 0 radical (unpaired) electrons. The van der Waals surface area contributed by atoms with Gasteiger partial charge in [0.25, 0.3) is 5.91 Å². The molecule has 0 unspecified atom stereocenters. The Morgan fingerprint density at radius 3 is 2.54 bits per heavy atom. The van der Waals surface area contributed by atoms with Crippen molar-refractivity contribution in [3.63, 3.8) is 0 Å². The Kier molecular flexibility index (Phi) is 3.64. The summed E-state index contributed by atoms with van der Waals surface area (Å²) < 4.78 is 27.5. The van der Waals surface area contributed by atoms with E-state index in [0.29, 0.717) is 12.1 Å². The predicted molar refractivity (Wildman–Crippen MR) is 93.9 cm³/mol. The number of rotatable bonds is 3. The quantitative estimate of drug-likeness (QED) is 0.913. The van der Waals surface area contributed by atoms with E-state index in [4.69, 9.17) is 0 Å². The van der Waals surface area contributed by atoms with E-state index in [0.717, 1.165) is 49.8 Å². The van der Waals surface area contributed by atoms with Crippen LogP contribution in [0.1, 0.15) is 60.9 Å². The van der Waals surface area contributed by atoms with Crippen molar-refractivity contribution in [2.24, 2.45) is 0 Å². The highest BCUT2D eigenvalue weighted by Crippen LogP contribution is 2.51. The number of hydrogen-bond acceptors (Lipinski definition) is 3. The number of hydrogen-bond donors (Lipinski definition) is 1. The normalized spacial score (nSPS) is 22.5. The highest BCUT2D eigenvalue weighted by atomic mass is 32.2. The van der Waals surface area contributed by atoms with E-state index >= 15 is 0 Å². The van der Waals surface area contributed by atoms with E-state index in [2.05, 4.69) is 5.32 Å². The lowest BCUT2D eigenvalue weighted by Gasteiger charge is -2.34. The van der Waals surface area contributed by atoms with Crippen molar-refractivity contribution < 1.29 is 13.2 Å². The van der Waals surface area contributed by atoms with Gasteiger partial charge in [-0.15, -0.1) is 0 Å². The number of carbonyl (C=O) groups is 1. The molecule has 1 amide bonds. The molecule has 5 nitrogen and oxygen atoms in total. The van der Waals surface area contributed by atoms with E-state index in [1.807, 2.05) is 12.1 Å². The van der Waals surface area contributed by atoms with Crippen molar-refractivity contribution >= 4 is 21.6 Å². The molecular weight excluding hydrogens is 324 g/mol. The summed E-state index contributed by atoms with van der Waals surface area (Å²) in [4.78, 5) is 12.0. The molecule has 4 rings (SSSR count). The average Bonchev–Trinajstić information content (AvgIpc) is 3.41. The summed E-state index contributed by atoms with van der Waals surface area (Å²) in [5.74, 6) is -0.118. The van der Waals surface area contributed by atoms with Crippen molar-refractivity contribution in [1.29, 1.82) is 0 Å². The predicted octanol–water partition coefficient (Wildman–Crippen LogP) is 2.56. The van der Waals surface area contributed by atoms with Crippen molar-refractivity contribution in [2.45, 2.75) is 55.6 Å². The summed E-state index contributed by atoms with van der Waals surface area (Å²) in [7, 11) is -1.64. The summed E-state index contributed by atoms with van der Waals surface area (Å²) in [6, 6.07) is 5.51. The monoisotopic (exact) mass is 348 g/mol. The first-order valence-electron chi connectivity index (χ1n) is 8.86. The van der Waals surface area contributed by atoms with Gasteiger partial charge in [0.15, 0.2) is 0 Å². The first kappa shape index (κ1) is 15.9. The Balaban J connectivity index is 1.82. The molecule has 1 spiro atoms. The van der Waals surface area contributed by atoms with Crippen molar-refractivity contribution in [2.75, 3.05) is 17.9 Å². The molecule has 1 heterocycles. The van der Waals surface area contributed by atoms with Gasteiger partial charge in [0, 0.05) is 24.6 Å². The molecule has 6 heteroatoms. The fraction of sp³-hybridized carbons (Fsp3) is 0.611. The van der Waals surface area contributed by atoms with Crippen molar-refractivity contribution in [1.82, 2.24) is 5.32 Å². The Labute approximate surface area is 143 Å². The molecule has 0 saturated heterocycles. The fourth-order valence-corrected chi connectivity index (χ4v) is 6.29. The fourth-order valence-electron chi connectivity index (χ4n) is 4.34. The van der Waals surface area contributed by atoms with Gasteiger partial charge in [0.05, 0.1) is 10.9 Å². The SMILES string of the molecule is CNC(=O)c1ccc2c(c1)C1(CCCCC1)CN2S(=O)(=O)C1CC1. The summed E-state index contributed by atoms with van der Waals surface area (Å²) in [6.07, 6.45) is 7.03. The molecule has 130 valence electrons. The Morgan fingerprint density at radius 2 is 1.92 bits per heavy atom. The van der Waals surface area contributed by atoms with Gasteiger partial charge >= 0.3 is 0 Å². The van der Waals surface area contributed by atoms with Gasteiger partial charge in [-0.05, 0) is 49.4 Å². The van der Waals surface area contributed by atoms with Crippen molar-refractivity contribution in [3.8, 4) is 0 Å². The zero-order valence-electron chi connectivity index (χ0n) is 14.0. The molecule has 1 aliphatic heterocycles. The van der Waals surface area contributed by atoms with Crippen LogP contribution in [-0.4, -0.2) is 33.2 Å². The molecule has 0 bridgehead atoms. The molecule has 1 aromatic carbocycles. The maximum Gasteiger partial charge on any atom is 0.251 e. The first-order valence-corrected chi connectivity index (χ1v) is 10.4. The molecule has 2 aliphatic carbocycles. The lowest BCUT2D eigenvalue weighted by molar-refractivity contribution is 0.0963. The molecule has 1 N–H and O–H groups in total. The number of carbonyl (C=O) groups excluding carboxylic acids is 1. The summed E-state index contributed by atoms with van der Waals surface area (Å²) in [5.41, 5.74) is 2.37. The zero-order chi connectivity index (χ0) is 16.9. The highest BCUT2D eigenvalue weighted by molar-refractivity contribution is 7.93. The van der Waals surface area contributed by atoms with Crippen LogP contribution < -0.4 is 9.62 Å². The molecule has 0 aromatic heterocycles. The van der Waals surface area contributed by atoms with E-state index < -0.39 is 10.0 Å². The maximum atomic E-state index is 12.9. The molecule has 2 saturated carbocycles. The van der Waals surface area contributed by atoms with Crippen LogP contribution in [0.2, 0.25) is 0 Å². The third-order valence-electron chi connectivity index (χ3n) is 5.84. The molecule has 24 heavy (non-hydrogen) atoms. The van der Waals surface area contributed by atoms with Gasteiger partial charge in [-0.3, -0.25) is 9.10 Å². The number of nitrogens with zero attached hydrogens (tertiary/aromatic N) is 1. The Hall–Kier alpha value is -1.56. The van der Waals surface area contributed by atoms with Gasteiger partial charge in [-0.1, -0.05) is 19.3 Å². The zero-order valence-corrected chi connectivity index (χ0v) is 14.9. The third-order valence-corrected chi connectivity index (χ3v) is 8.09. The van der Waals surface area contributed by atoms with E-state index in [1.165, 1.54) is 6.42 Å². The molecule has 1 aromatic rings. The lowest BCUT2D eigenvalue weighted by Crippen LogP contribution is -2.39. The van der Waals surface area contributed by atoms with E-state index in [1.54, 1.807) is 17.4 Å². The number of amides is 1. The Bertz CT molecular complexity index is 777. The van der Waals surface area contributed by atoms with Gasteiger partial charge in [0.2, 0.25) is 10.0 Å². The number of anilines is 1. The molecule has 0 atom stereocenters. The van der Waals surface area contributed by atoms with Gasteiger partial charge in [-0.2, -0.15) is 0 Å². The standard InChI is InChI=1S/C18H24N2O3S/c1-19-17(21)13-5-8-16-15(11-13)18(9-3-2-4-10-18)12-20(16)24(22,23)14-6-7-14/h5,8,11,14H,2-4,6-7,9-10,12H2,1H3,(H,19,21). The van der Waals surface area contributed by atoms with Gasteiger partial charge in [-0.25, -0.2) is 8.42 Å². The molecular formula is C18H24N2O3S. The number of nitrogens with one attached hydrogen (secondary N) is 1. The average molecular weight is 348 g/mol. The van der Waals surface area contributed by atoms with Crippen LogP contribution in [0.25, 0.3) is 0 Å². The summed E-state index contributed by atoms with van der Waals surface area (Å²) in [5, 5.41) is 2.46. The lowest BCUT2D eigenvalue weighted by atomic mass is 9.70. The number of benzene rings is 1. The summed E-state index contributed by atoms with van der Waals surface area (Å²) in [6.45, 7) is 0.554. The van der Waals surface area contributed by atoms with E-state index in [-0.39, 0.29) is 16.6 Å². The van der Waals surface area contributed by atoms with Crippen LogP contribution in [0, 0.1) is 0 Å². The van der Waals surface area contributed by atoms with E-state index in [9.17, 15) is 13.2 Å². The second-order valence-electron chi connectivity index (χ2n) is 7.40. The minimum Gasteiger partial charge on any atom is -0.355 e. The van der Waals surface area contributed by atoms with Crippen LogP contribution in [0.3, 0.4) is 0 Å². The highest BCUT2D eigenvalue weighted by Gasteiger charge is 2.50. The van der Waals surface area contributed by atoms with Crippen LogP contribution in [0.4, 0.5) is 5.69 Å².